The first-order chi connectivity index (χ1) is 14.3. The van der Waals surface area contributed by atoms with Gasteiger partial charge in [-0.15, -0.1) is 0 Å². The molecule has 1 fully saturated rings. The molecule has 0 radical (unpaired) electrons. The van der Waals surface area contributed by atoms with Crippen LogP contribution in [0.1, 0.15) is 18.7 Å². The predicted octanol–water partition coefficient (Wildman–Crippen LogP) is 4.30. The zero-order valence-electron chi connectivity index (χ0n) is 18.5. The third-order valence-corrected chi connectivity index (χ3v) is 7.24. The highest BCUT2D eigenvalue weighted by atomic mass is 28.3. The van der Waals surface area contributed by atoms with Crippen LogP contribution in [0.2, 0.25) is 25.7 Å². The predicted molar refractivity (Wildman–Crippen MR) is 125 cm³/mol. The van der Waals surface area contributed by atoms with E-state index < -0.39 is 8.07 Å². The molecule has 160 valence electrons. The van der Waals surface area contributed by atoms with Gasteiger partial charge in [0.2, 0.25) is 0 Å². The summed E-state index contributed by atoms with van der Waals surface area (Å²) >= 11 is 0. The lowest BCUT2D eigenvalue weighted by Crippen LogP contribution is -2.22. The fourth-order valence-corrected chi connectivity index (χ4v) is 4.66. The highest BCUT2D eigenvalue weighted by Gasteiger charge is 2.23. The largest absolute Gasteiger partial charge is 0.384 e. The summed E-state index contributed by atoms with van der Waals surface area (Å²) in [6.45, 7) is 12.4. The Kier molecular flexibility index (Phi) is 5.79. The summed E-state index contributed by atoms with van der Waals surface area (Å²) in [5, 5.41) is 1.07. The monoisotopic (exact) mass is 424 g/mol. The van der Waals surface area contributed by atoms with Crippen LogP contribution < -0.4 is 10.6 Å². The molecular formula is C22H32N6OSi. The Bertz CT molecular complexity index is 1040. The molecule has 3 aromatic heterocycles. The smallest absolute Gasteiger partial charge is 0.148 e. The lowest BCUT2D eigenvalue weighted by atomic mass is 10.1. The van der Waals surface area contributed by atoms with Crippen molar-refractivity contribution in [2.24, 2.45) is 0 Å². The van der Waals surface area contributed by atoms with Crippen LogP contribution >= 0.6 is 0 Å². The second-order valence-electron chi connectivity index (χ2n) is 9.32. The summed E-state index contributed by atoms with van der Waals surface area (Å²) in [4.78, 5) is 16.2. The van der Waals surface area contributed by atoms with Crippen LogP contribution in [0.5, 0.6) is 0 Å². The van der Waals surface area contributed by atoms with Gasteiger partial charge >= 0.3 is 0 Å². The molecule has 30 heavy (non-hydrogen) atoms. The van der Waals surface area contributed by atoms with Crippen LogP contribution in [-0.4, -0.2) is 47.3 Å². The van der Waals surface area contributed by atoms with Gasteiger partial charge in [-0.1, -0.05) is 19.6 Å². The number of rotatable bonds is 7. The number of pyridine rings is 1. The molecule has 2 N–H and O–H groups in total. The van der Waals surface area contributed by atoms with E-state index in [1.54, 1.807) is 6.20 Å². The Labute approximate surface area is 179 Å². The number of hydrogen-bond donors (Lipinski definition) is 1. The molecule has 1 aliphatic heterocycles. The molecule has 0 unspecified atom stereocenters. The summed E-state index contributed by atoms with van der Waals surface area (Å²) in [6.07, 6.45) is 6.27. The summed E-state index contributed by atoms with van der Waals surface area (Å²) in [5.74, 6) is 2.31. The van der Waals surface area contributed by atoms with Crippen molar-refractivity contribution in [3.05, 3.63) is 30.4 Å². The first kappa shape index (κ1) is 20.8. The van der Waals surface area contributed by atoms with Gasteiger partial charge in [-0.05, 0) is 43.5 Å². The maximum Gasteiger partial charge on any atom is 0.148 e. The first-order valence-electron chi connectivity index (χ1n) is 10.7. The quantitative estimate of drug-likeness (QED) is 0.450. The van der Waals surface area contributed by atoms with Crippen LogP contribution in [-0.2, 0) is 11.5 Å². The number of nitrogens with two attached hydrogens (primary N) is 1. The van der Waals surface area contributed by atoms with Gasteiger partial charge in [0.05, 0.1) is 5.39 Å². The number of nitrogen functional groups attached to an aromatic ring is 1. The van der Waals surface area contributed by atoms with Crippen molar-refractivity contribution < 1.29 is 4.74 Å². The molecular weight excluding hydrogens is 392 g/mol. The van der Waals surface area contributed by atoms with Crippen molar-refractivity contribution in [1.29, 1.82) is 0 Å². The number of aryl methyl sites for hydroxylation is 1. The summed E-state index contributed by atoms with van der Waals surface area (Å²) in [7, 11) is -1.13. The normalized spacial score (nSPS) is 14.7. The molecule has 4 heterocycles. The number of hydrogen-bond acceptors (Lipinski definition) is 6. The van der Waals surface area contributed by atoms with Gasteiger partial charge in [0.25, 0.3) is 0 Å². The summed E-state index contributed by atoms with van der Waals surface area (Å²) in [6, 6.07) is 5.06. The molecule has 0 spiro atoms. The lowest BCUT2D eigenvalue weighted by molar-refractivity contribution is 0.0899. The zero-order valence-corrected chi connectivity index (χ0v) is 19.5. The topological polar surface area (TPSA) is 82.1 Å². The zero-order chi connectivity index (χ0) is 21.3. The molecule has 0 saturated carbocycles. The van der Waals surface area contributed by atoms with E-state index in [1.165, 1.54) is 12.8 Å². The van der Waals surface area contributed by atoms with Crippen molar-refractivity contribution in [1.82, 2.24) is 19.5 Å². The number of nitrogens with zero attached hydrogens (tertiary/aromatic N) is 5. The van der Waals surface area contributed by atoms with Gasteiger partial charge in [-0.2, -0.15) is 0 Å². The second-order valence-corrected chi connectivity index (χ2v) is 14.9. The average Bonchev–Trinajstić information content (AvgIpc) is 3.32. The number of anilines is 2. The summed E-state index contributed by atoms with van der Waals surface area (Å²) < 4.78 is 8.18. The van der Waals surface area contributed by atoms with E-state index in [4.69, 9.17) is 20.4 Å². The van der Waals surface area contributed by atoms with E-state index in [0.29, 0.717) is 12.5 Å². The van der Waals surface area contributed by atoms with Gasteiger partial charge in [-0.25, -0.2) is 15.0 Å². The Hall–Kier alpha value is -2.45. The molecule has 0 amide bonds. The van der Waals surface area contributed by atoms with Crippen LogP contribution in [0.3, 0.4) is 0 Å². The van der Waals surface area contributed by atoms with Gasteiger partial charge < -0.3 is 19.9 Å². The van der Waals surface area contributed by atoms with E-state index in [2.05, 4.69) is 40.3 Å². The minimum absolute atomic E-state index is 0.484. The SMILES string of the molecule is Cc1nc(N2CCCC2)c2c(-c3ccnc(N)c3)cn(COCC[Si](C)(C)C)c2n1. The third-order valence-electron chi connectivity index (χ3n) is 5.53. The molecule has 1 aliphatic rings. The Balaban J connectivity index is 1.78. The highest BCUT2D eigenvalue weighted by Crippen LogP contribution is 2.37. The molecule has 4 rings (SSSR count). The minimum Gasteiger partial charge on any atom is -0.384 e. The maximum atomic E-state index is 6.07. The van der Waals surface area contributed by atoms with E-state index >= 15 is 0 Å². The second kappa shape index (κ2) is 8.35. The maximum absolute atomic E-state index is 6.07. The molecule has 0 bridgehead atoms. The van der Waals surface area contributed by atoms with Crippen molar-refractivity contribution >= 4 is 30.7 Å². The fourth-order valence-electron chi connectivity index (χ4n) is 3.91. The van der Waals surface area contributed by atoms with Crippen molar-refractivity contribution in [2.75, 3.05) is 30.3 Å². The third kappa shape index (κ3) is 4.49. The Morgan fingerprint density at radius 3 is 2.63 bits per heavy atom. The standard InChI is InChI=1S/C22H32N6OSi/c1-16-25-21(27-9-5-6-10-27)20-18(17-7-8-24-19(23)13-17)14-28(22(20)26-16)15-29-11-12-30(2,3)4/h7-8,13-14H,5-6,9-12,15H2,1-4H3,(H2,23,24). The number of fused-ring (bicyclic) bond motifs is 1. The molecule has 0 aromatic carbocycles. The van der Waals surface area contributed by atoms with Crippen LogP contribution in [0, 0.1) is 6.92 Å². The van der Waals surface area contributed by atoms with Gasteiger partial charge in [-0.3, -0.25) is 0 Å². The van der Waals surface area contributed by atoms with Crippen LogP contribution in [0.25, 0.3) is 22.2 Å². The van der Waals surface area contributed by atoms with E-state index in [9.17, 15) is 0 Å². The Morgan fingerprint density at radius 2 is 1.93 bits per heavy atom. The van der Waals surface area contributed by atoms with Crippen molar-refractivity contribution in [2.45, 2.75) is 52.2 Å². The van der Waals surface area contributed by atoms with Crippen LogP contribution in [0.4, 0.5) is 11.6 Å². The average molecular weight is 425 g/mol. The molecule has 3 aromatic rings. The van der Waals surface area contributed by atoms with E-state index in [1.807, 2.05) is 19.1 Å². The first-order valence-corrected chi connectivity index (χ1v) is 14.4. The molecule has 0 atom stereocenters. The minimum atomic E-state index is -1.13. The van der Waals surface area contributed by atoms with Crippen LogP contribution in [0.15, 0.2) is 24.5 Å². The molecule has 0 aliphatic carbocycles. The van der Waals surface area contributed by atoms with Gasteiger partial charge in [0.15, 0.2) is 0 Å². The highest BCUT2D eigenvalue weighted by molar-refractivity contribution is 6.76. The van der Waals surface area contributed by atoms with Gasteiger partial charge in [0, 0.05) is 45.7 Å². The van der Waals surface area contributed by atoms with E-state index in [0.717, 1.165) is 59.5 Å². The van der Waals surface area contributed by atoms with Gasteiger partial charge in [0.1, 0.15) is 29.8 Å². The lowest BCUT2D eigenvalue weighted by Gasteiger charge is -2.19. The molecule has 8 heteroatoms. The number of ether oxygens (including phenoxy) is 1. The van der Waals surface area contributed by atoms with Crippen molar-refractivity contribution in [3.8, 4) is 11.1 Å². The molecule has 1 saturated heterocycles. The number of aromatic nitrogens is 4. The summed E-state index contributed by atoms with van der Waals surface area (Å²) in [5.41, 5.74) is 9.02. The van der Waals surface area contributed by atoms with Crippen molar-refractivity contribution in [3.63, 3.8) is 0 Å². The Morgan fingerprint density at radius 1 is 1.17 bits per heavy atom. The fraction of sp³-hybridized carbons (Fsp3) is 0.500. The van der Waals surface area contributed by atoms with E-state index in [-0.39, 0.29) is 0 Å². The molecule has 7 nitrogen and oxygen atoms in total.